The fourth-order valence-electron chi connectivity index (χ4n) is 8.61. The normalized spacial score (nSPS) is 12.0. The Bertz CT molecular complexity index is 2620. The van der Waals surface area contributed by atoms with Crippen molar-refractivity contribution in [2.24, 2.45) is 0 Å². The van der Waals surface area contributed by atoms with Gasteiger partial charge < -0.3 is 47.9 Å². The van der Waals surface area contributed by atoms with Gasteiger partial charge in [0, 0.05) is 59.2 Å². The van der Waals surface area contributed by atoms with Crippen molar-refractivity contribution in [1.29, 1.82) is 0 Å². The molecule has 6 rings (SSSR count). The highest BCUT2D eigenvalue weighted by atomic mass is 79.9. The van der Waals surface area contributed by atoms with E-state index in [1.165, 1.54) is 9.13 Å². The molecule has 68 heavy (non-hydrogen) atoms. The van der Waals surface area contributed by atoms with Crippen LogP contribution in [0.25, 0.3) is 54.4 Å². The molecule has 0 aliphatic carbocycles. The number of nitrogens with zero attached hydrogens (tertiary/aromatic N) is 2. The molecule has 3 aromatic carbocycles. The lowest BCUT2D eigenvalue weighted by Crippen LogP contribution is -2.36. The molecule has 0 radical (unpaired) electrons. The van der Waals surface area contributed by atoms with Crippen molar-refractivity contribution < 1.29 is 37.9 Å². The molecule has 2 N–H and O–H groups in total. The summed E-state index contributed by atoms with van der Waals surface area (Å²) in [5.41, 5.74) is -0.253. The van der Waals surface area contributed by atoms with Crippen molar-refractivity contribution >= 4 is 86.2 Å². The second kappa shape index (κ2) is 27.5. The Hall–Kier alpha value is -3.88. The van der Waals surface area contributed by atoms with Crippen molar-refractivity contribution in [2.75, 3.05) is 93.5 Å². The van der Waals surface area contributed by atoms with E-state index in [2.05, 4.69) is 55.7 Å². The van der Waals surface area contributed by atoms with Gasteiger partial charge >= 0.3 is 0 Å². The standard InChI is InChI=1S/C50H68Br2N4O12/c1-5-7-9-11-13-15-17-55-47(57)39-37-38-40(44(52)43(39)51)48(58)56(18-16-14-12-10-8-6-2)50(60)42(38)46-45(41(37)49(55)59)53-33-31-35(67-29-27-65-25-23-63-21-19-61-3)36(32-34(33)54-46)68-30-28-66-26-24-64-22-20-62-4/h31-32,53-54H,5-30H2,1-4H3. The van der Waals surface area contributed by atoms with Crippen LogP contribution in [0.3, 0.4) is 0 Å². The first-order valence-electron chi connectivity index (χ1n) is 24.2. The predicted octanol–water partition coefficient (Wildman–Crippen LogP) is 8.95. The Kier molecular flexibility index (Phi) is 21.6. The van der Waals surface area contributed by atoms with Gasteiger partial charge in [-0.15, -0.1) is 0 Å². The molecule has 0 fully saturated rings. The van der Waals surface area contributed by atoms with E-state index in [0.29, 0.717) is 108 Å². The first kappa shape index (κ1) is 53.5. The number of rotatable bonds is 34. The molecule has 0 unspecified atom stereocenters. The topological polar surface area (TPSA) is 184 Å². The van der Waals surface area contributed by atoms with E-state index in [-0.39, 0.29) is 71.8 Å². The summed E-state index contributed by atoms with van der Waals surface area (Å²) in [5.74, 6) is 0.792. The Morgan fingerprint density at radius 1 is 0.426 bits per heavy atom. The first-order valence-corrected chi connectivity index (χ1v) is 25.8. The summed E-state index contributed by atoms with van der Waals surface area (Å²) < 4.78 is 48.5. The maximum absolute atomic E-state index is 15.0. The van der Waals surface area contributed by atoms with E-state index in [1.54, 1.807) is 26.4 Å². The lowest BCUT2D eigenvalue weighted by atomic mass is 9.94. The Morgan fingerprint density at radius 3 is 1.12 bits per heavy atom. The zero-order chi connectivity index (χ0) is 48.4. The number of pyridine rings is 2. The van der Waals surface area contributed by atoms with Gasteiger partial charge in [-0.05, 0) is 44.7 Å². The third kappa shape index (κ3) is 12.9. The van der Waals surface area contributed by atoms with Crippen molar-refractivity contribution in [3.8, 4) is 11.5 Å². The van der Waals surface area contributed by atoms with E-state index in [0.717, 1.165) is 64.2 Å². The summed E-state index contributed by atoms with van der Waals surface area (Å²) >= 11 is 7.38. The smallest absolute Gasteiger partial charge is 0.263 e. The lowest BCUT2D eigenvalue weighted by molar-refractivity contribution is 0.0160. The van der Waals surface area contributed by atoms with Gasteiger partial charge in [0.1, 0.15) is 13.2 Å². The average molecular weight is 1080 g/mol. The number of halogens is 2. The average Bonchev–Trinajstić information content (AvgIpc) is 3.33. The van der Waals surface area contributed by atoms with Crippen molar-refractivity contribution in [1.82, 2.24) is 19.1 Å². The van der Waals surface area contributed by atoms with E-state index >= 15 is 0 Å². The minimum Gasteiger partial charge on any atom is -0.487 e. The summed E-state index contributed by atoms with van der Waals surface area (Å²) in [6.45, 7) is 9.17. The fraction of sp³-hybridized carbons (Fsp3) is 0.600. The number of ether oxygens (including phenoxy) is 8. The van der Waals surface area contributed by atoms with E-state index in [1.807, 2.05) is 0 Å². The Balaban J connectivity index is 1.50. The number of benzene rings is 3. The van der Waals surface area contributed by atoms with Gasteiger partial charge in [-0.2, -0.15) is 0 Å². The molecule has 6 aromatic rings. The number of hydrogen-bond acceptors (Lipinski definition) is 12. The molecule has 0 saturated heterocycles. The second-order valence-electron chi connectivity index (χ2n) is 16.9. The Morgan fingerprint density at radius 2 is 0.750 bits per heavy atom. The Labute approximate surface area is 412 Å². The summed E-state index contributed by atoms with van der Waals surface area (Å²) in [6, 6.07) is 3.54. The maximum Gasteiger partial charge on any atom is 0.263 e. The summed E-state index contributed by atoms with van der Waals surface area (Å²) in [4.78, 5) is 66.2. The van der Waals surface area contributed by atoms with Crippen LogP contribution in [-0.4, -0.2) is 113 Å². The second-order valence-corrected chi connectivity index (χ2v) is 18.5. The number of nitrogens with one attached hydrogen (secondary N) is 2. The predicted molar refractivity (Wildman–Crippen MR) is 275 cm³/mol. The largest absolute Gasteiger partial charge is 0.487 e. The summed E-state index contributed by atoms with van der Waals surface area (Å²) in [6.07, 6.45) is 11.6. The quantitative estimate of drug-likeness (QED) is 0.0223. The molecule has 0 saturated carbocycles. The molecule has 18 heteroatoms. The van der Waals surface area contributed by atoms with Crippen LogP contribution in [0.5, 0.6) is 11.5 Å². The van der Waals surface area contributed by atoms with Crippen LogP contribution in [0.15, 0.2) is 40.3 Å². The van der Waals surface area contributed by atoms with Gasteiger partial charge in [0.25, 0.3) is 22.2 Å². The van der Waals surface area contributed by atoms with Crippen molar-refractivity contribution in [3.63, 3.8) is 0 Å². The molecular formula is C50H68Br2N4O12. The summed E-state index contributed by atoms with van der Waals surface area (Å²) in [5, 5.41) is 1.37. The highest BCUT2D eigenvalue weighted by Gasteiger charge is 2.29. The zero-order valence-corrected chi connectivity index (χ0v) is 43.3. The maximum atomic E-state index is 15.0. The van der Waals surface area contributed by atoms with Gasteiger partial charge in [-0.3, -0.25) is 28.3 Å². The van der Waals surface area contributed by atoms with Gasteiger partial charge in [0.15, 0.2) is 11.5 Å². The van der Waals surface area contributed by atoms with Crippen molar-refractivity contribution in [2.45, 2.75) is 104 Å². The van der Waals surface area contributed by atoms with Crippen LogP contribution in [0, 0.1) is 0 Å². The molecule has 374 valence electrons. The molecular weight excluding hydrogens is 1010 g/mol. The van der Waals surface area contributed by atoms with Crippen molar-refractivity contribution in [3.05, 3.63) is 62.5 Å². The monoisotopic (exact) mass is 1070 g/mol. The number of aromatic nitrogens is 4. The zero-order valence-electron chi connectivity index (χ0n) is 40.1. The molecule has 0 spiro atoms. The number of aromatic amines is 2. The fourth-order valence-corrected chi connectivity index (χ4v) is 9.74. The number of hydrogen-bond donors (Lipinski definition) is 2. The van der Waals surface area contributed by atoms with Gasteiger partial charge in [-0.25, -0.2) is 0 Å². The number of H-pyrrole nitrogens is 2. The van der Waals surface area contributed by atoms with Crippen LogP contribution in [0.1, 0.15) is 90.9 Å². The van der Waals surface area contributed by atoms with Gasteiger partial charge in [-0.1, -0.05) is 78.1 Å². The van der Waals surface area contributed by atoms with Crippen LogP contribution >= 0.6 is 31.9 Å². The molecule has 16 nitrogen and oxygen atoms in total. The third-order valence-electron chi connectivity index (χ3n) is 12.1. The van der Waals surface area contributed by atoms with Crippen LogP contribution in [-0.2, 0) is 41.5 Å². The van der Waals surface area contributed by atoms with Gasteiger partial charge in [0.05, 0.1) is 110 Å². The third-order valence-corrected chi connectivity index (χ3v) is 14.2. The minimum absolute atomic E-state index is 0.187. The minimum atomic E-state index is -0.505. The highest BCUT2D eigenvalue weighted by molar-refractivity contribution is 9.13. The lowest BCUT2D eigenvalue weighted by Gasteiger charge is -2.20. The molecule has 0 aliphatic heterocycles. The van der Waals surface area contributed by atoms with Crippen LogP contribution < -0.4 is 31.7 Å². The van der Waals surface area contributed by atoms with Gasteiger partial charge in [0.2, 0.25) is 0 Å². The molecule has 3 aromatic heterocycles. The SMILES string of the molecule is CCCCCCCCn1c(=O)c2c(Br)c(Br)c3c(=O)n(CCCCCCCC)c(=O)c4c5[nH]c6cc(OCCOCCOCCOC)c(OCCOCCOCCOC)cc6[nH]c5c(c1=O)c2c34. The summed E-state index contributed by atoms with van der Waals surface area (Å²) in [7, 11) is 3.24. The number of methoxy groups -OCH3 is 2. The molecule has 0 bridgehead atoms. The van der Waals surface area contributed by atoms with Crippen LogP contribution in [0.2, 0.25) is 0 Å². The number of fused-ring (bicyclic) bond motifs is 4. The molecule has 0 aliphatic rings. The van der Waals surface area contributed by atoms with E-state index in [9.17, 15) is 19.2 Å². The van der Waals surface area contributed by atoms with E-state index < -0.39 is 22.2 Å². The molecule has 0 atom stereocenters. The molecule has 3 heterocycles. The van der Waals surface area contributed by atoms with Crippen LogP contribution in [0.4, 0.5) is 0 Å². The first-order chi connectivity index (χ1) is 33.2. The highest BCUT2D eigenvalue weighted by Crippen LogP contribution is 2.43. The number of unbranched alkanes of at least 4 members (excludes halogenated alkanes) is 10. The molecule has 0 amide bonds. The van der Waals surface area contributed by atoms with E-state index in [4.69, 9.17) is 37.9 Å².